The van der Waals surface area contributed by atoms with Crippen LogP contribution in [0.3, 0.4) is 0 Å². The second-order valence-corrected chi connectivity index (χ2v) is 7.83. The maximum atomic E-state index is 11.5. The van der Waals surface area contributed by atoms with Crippen LogP contribution in [0.5, 0.6) is 0 Å². The molecule has 3 nitrogen and oxygen atoms in total. The molecular weight excluding hydrogens is 380 g/mol. The Bertz CT molecular complexity index is 982. The van der Waals surface area contributed by atoms with Crippen LogP contribution < -0.4 is 0 Å². The van der Waals surface area contributed by atoms with Crippen LogP contribution in [-0.2, 0) is 19.5 Å². The third-order valence-electron chi connectivity index (χ3n) is 5.57. The van der Waals surface area contributed by atoms with Gasteiger partial charge in [0.2, 0.25) is 0 Å². The average molecular weight is 409 g/mol. The summed E-state index contributed by atoms with van der Waals surface area (Å²) in [6.07, 6.45) is 1.78. The number of rotatable bonds is 9. The van der Waals surface area contributed by atoms with E-state index < -0.39 is 6.10 Å². The molecule has 0 unspecified atom stereocenters. The van der Waals surface area contributed by atoms with Crippen molar-refractivity contribution in [1.82, 2.24) is 9.88 Å². The quantitative estimate of drug-likeness (QED) is 0.401. The second-order valence-electron chi connectivity index (χ2n) is 7.83. The molecule has 31 heavy (non-hydrogen) atoms. The minimum absolute atomic E-state index is 0.127. The summed E-state index contributed by atoms with van der Waals surface area (Å²) in [6, 6.07) is 36.9. The number of nitrogens with zero attached hydrogens (tertiary/aromatic N) is 2. The van der Waals surface area contributed by atoms with Crippen LogP contribution in [0.4, 0.5) is 0 Å². The molecule has 0 fully saturated rings. The Hall–Kier alpha value is -3.27. The summed E-state index contributed by atoms with van der Waals surface area (Å²) in [6.45, 7) is 1.49. The molecule has 0 aliphatic carbocycles. The average Bonchev–Trinajstić information content (AvgIpc) is 2.84. The van der Waals surface area contributed by atoms with Crippen LogP contribution in [0.2, 0.25) is 0 Å². The smallest absolute Gasteiger partial charge is 0.112 e. The number of hydrogen-bond acceptors (Lipinski definition) is 3. The normalized spacial score (nSPS) is 13.1. The van der Waals surface area contributed by atoms with Crippen molar-refractivity contribution in [2.45, 2.75) is 31.7 Å². The van der Waals surface area contributed by atoms with Gasteiger partial charge in [-0.15, -0.1) is 0 Å². The van der Waals surface area contributed by atoms with E-state index in [1.165, 1.54) is 16.7 Å². The first-order valence-corrected chi connectivity index (χ1v) is 10.7. The van der Waals surface area contributed by atoms with E-state index in [0.29, 0.717) is 5.69 Å². The van der Waals surface area contributed by atoms with Crippen molar-refractivity contribution < 1.29 is 5.11 Å². The Morgan fingerprint density at radius 3 is 1.58 bits per heavy atom. The third kappa shape index (κ3) is 5.88. The fraction of sp³-hybridized carbons (Fsp3) is 0.179. The summed E-state index contributed by atoms with van der Waals surface area (Å²) in [7, 11) is 0. The molecule has 3 aromatic carbocycles. The Kier molecular flexibility index (Phi) is 7.22. The largest absolute Gasteiger partial charge is 0.385 e. The van der Waals surface area contributed by atoms with Gasteiger partial charge in [-0.05, 0) is 35.2 Å². The number of aromatic nitrogens is 1. The molecule has 3 heteroatoms. The Morgan fingerprint density at radius 2 is 1.10 bits per heavy atom. The summed E-state index contributed by atoms with van der Waals surface area (Å²) in [4.78, 5) is 6.83. The van der Waals surface area contributed by atoms with E-state index in [1.54, 1.807) is 6.20 Å². The molecule has 156 valence electrons. The van der Waals surface area contributed by atoms with Crippen molar-refractivity contribution in [2.24, 2.45) is 0 Å². The highest BCUT2D eigenvalue weighted by Crippen LogP contribution is 2.26. The lowest BCUT2D eigenvalue weighted by atomic mass is 9.96. The number of benzene rings is 3. The Labute approximate surface area is 184 Å². The SMILES string of the molecule is O[C@H](c1ccccn1)[C@H](Cc1ccccc1)N(Cc1ccccc1)Cc1ccccc1. The monoisotopic (exact) mass is 408 g/mol. The van der Waals surface area contributed by atoms with E-state index in [9.17, 15) is 5.11 Å². The Morgan fingerprint density at radius 1 is 0.613 bits per heavy atom. The summed E-state index contributed by atoms with van der Waals surface area (Å²) in [5, 5.41) is 11.5. The first-order valence-electron chi connectivity index (χ1n) is 10.7. The molecule has 0 radical (unpaired) electrons. The third-order valence-corrected chi connectivity index (χ3v) is 5.57. The van der Waals surface area contributed by atoms with Crippen LogP contribution in [0.25, 0.3) is 0 Å². The lowest BCUT2D eigenvalue weighted by Gasteiger charge is -2.35. The summed E-state index contributed by atoms with van der Waals surface area (Å²) in [5.74, 6) is 0. The minimum atomic E-state index is -0.700. The summed E-state index contributed by atoms with van der Waals surface area (Å²) >= 11 is 0. The van der Waals surface area contributed by atoms with Gasteiger partial charge in [0, 0.05) is 25.3 Å². The lowest BCUT2D eigenvalue weighted by Crippen LogP contribution is -2.40. The van der Waals surface area contributed by atoms with Gasteiger partial charge in [-0.1, -0.05) is 97.1 Å². The molecule has 0 aliphatic heterocycles. The molecule has 4 aromatic rings. The zero-order valence-corrected chi connectivity index (χ0v) is 17.6. The fourth-order valence-electron chi connectivity index (χ4n) is 3.97. The van der Waals surface area contributed by atoms with Crippen molar-refractivity contribution in [3.63, 3.8) is 0 Å². The first kappa shape index (κ1) is 21.0. The highest BCUT2D eigenvalue weighted by molar-refractivity contribution is 5.21. The molecular formula is C28H28N2O. The highest BCUT2D eigenvalue weighted by atomic mass is 16.3. The predicted octanol–water partition coefficient (Wildman–Crippen LogP) is 5.43. The second kappa shape index (κ2) is 10.7. The maximum Gasteiger partial charge on any atom is 0.112 e. The standard InChI is InChI=1S/C28H28N2O/c31-28(26-18-10-11-19-29-26)27(20-23-12-4-1-5-13-23)30(21-24-14-6-2-7-15-24)22-25-16-8-3-9-17-25/h1-19,27-28,31H,20-22H2/t27-,28+/m0/s1. The molecule has 1 N–H and O–H groups in total. The van der Waals surface area contributed by atoms with Crippen LogP contribution in [-0.4, -0.2) is 21.0 Å². The number of hydrogen-bond donors (Lipinski definition) is 1. The van der Waals surface area contributed by atoms with Crippen LogP contribution in [0.15, 0.2) is 115 Å². The molecule has 1 heterocycles. The van der Waals surface area contributed by atoms with Gasteiger partial charge in [0.25, 0.3) is 0 Å². The van der Waals surface area contributed by atoms with Crippen molar-refractivity contribution in [3.8, 4) is 0 Å². The number of aliphatic hydroxyl groups is 1. The molecule has 0 aliphatic rings. The maximum absolute atomic E-state index is 11.5. The fourth-order valence-corrected chi connectivity index (χ4v) is 3.97. The lowest BCUT2D eigenvalue weighted by molar-refractivity contribution is 0.0357. The van der Waals surface area contributed by atoms with E-state index in [1.807, 2.05) is 36.4 Å². The van der Waals surface area contributed by atoms with Gasteiger partial charge >= 0.3 is 0 Å². The minimum Gasteiger partial charge on any atom is -0.385 e. The number of pyridine rings is 1. The van der Waals surface area contributed by atoms with Crippen LogP contribution >= 0.6 is 0 Å². The first-order chi connectivity index (χ1) is 15.3. The summed E-state index contributed by atoms with van der Waals surface area (Å²) < 4.78 is 0. The van der Waals surface area contributed by atoms with Gasteiger partial charge in [0.1, 0.15) is 6.10 Å². The molecule has 0 saturated heterocycles. The molecule has 0 saturated carbocycles. The topological polar surface area (TPSA) is 36.4 Å². The van der Waals surface area contributed by atoms with E-state index in [-0.39, 0.29) is 6.04 Å². The van der Waals surface area contributed by atoms with Gasteiger partial charge < -0.3 is 5.11 Å². The van der Waals surface area contributed by atoms with Gasteiger partial charge in [0.05, 0.1) is 5.69 Å². The van der Waals surface area contributed by atoms with Crippen molar-refractivity contribution >= 4 is 0 Å². The van der Waals surface area contributed by atoms with Crippen molar-refractivity contribution in [3.05, 3.63) is 138 Å². The van der Waals surface area contributed by atoms with Crippen LogP contribution in [0, 0.1) is 0 Å². The highest BCUT2D eigenvalue weighted by Gasteiger charge is 2.29. The Balaban J connectivity index is 1.70. The number of aliphatic hydroxyl groups excluding tert-OH is 1. The van der Waals surface area contributed by atoms with Gasteiger partial charge in [-0.25, -0.2) is 0 Å². The molecule has 0 spiro atoms. The van der Waals surface area contributed by atoms with Crippen molar-refractivity contribution in [2.75, 3.05) is 0 Å². The van der Waals surface area contributed by atoms with Gasteiger partial charge in [0.15, 0.2) is 0 Å². The molecule has 2 atom stereocenters. The van der Waals surface area contributed by atoms with E-state index in [2.05, 4.69) is 82.7 Å². The van der Waals surface area contributed by atoms with E-state index in [0.717, 1.165) is 19.5 Å². The van der Waals surface area contributed by atoms with Gasteiger partial charge in [-0.2, -0.15) is 0 Å². The zero-order valence-electron chi connectivity index (χ0n) is 17.6. The zero-order chi connectivity index (χ0) is 21.3. The summed E-state index contributed by atoms with van der Waals surface area (Å²) in [5.41, 5.74) is 4.36. The molecule has 0 amide bonds. The van der Waals surface area contributed by atoms with Crippen LogP contribution in [0.1, 0.15) is 28.5 Å². The molecule has 0 bridgehead atoms. The van der Waals surface area contributed by atoms with Gasteiger partial charge in [-0.3, -0.25) is 9.88 Å². The molecule has 1 aromatic heterocycles. The van der Waals surface area contributed by atoms with E-state index >= 15 is 0 Å². The van der Waals surface area contributed by atoms with E-state index in [4.69, 9.17) is 0 Å². The predicted molar refractivity (Wildman–Crippen MR) is 125 cm³/mol. The van der Waals surface area contributed by atoms with Crippen molar-refractivity contribution in [1.29, 1.82) is 0 Å². The molecule has 4 rings (SSSR count).